The second-order valence-corrected chi connectivity index (χ2v) is 5.20. The third kappa shape index (κ3) is 3.92. The Hall–Kier alpha value is -1.25. The number of carbonyl (C=O) groups excluding carboxylic acids is 1. The Kier molecular flexibility index (Phi) is 4.79. The van der Waals surface area contributed by atoms with E-state index in [2.05, 4.69) is 31.2 Å². The summed E-state index contributed by atoms with van der Waals surface area (Å²) in [5, 5.41) is 2.23. The fourth-order valence-corrected chi connectivity index (χ4v) is 1.81. The number of rotatable bonds is 5. The van der Waals surface area contributed by atoms with Crippen molar-refractivity contribution in [3.63, 3.8) is 0 Å². The normalized spacial score (nSPS) is 13.1. The van der Waals surface area contributed by atoms with Gasteiger partial charge in [0.15, 0.2) is 0 Å². The first kappa shape index (κ1) is 13.8. The topological polar surface area (TPSA) is 29.1 Å². The van der Waals surface area contributed by atoms with Crippen molar-refractivity contribution in [3.05, 3.63) is 35.9 Å². The van der Waals surface area contributed by atoms with Crippen LogP contribution in [0.1, 0.15) is 32.8 Å². The van der Waals surface area contributed by atoms with Gasteiger partial charge in [0.05, 0.1) is 0 Å². The molecule has 0 spiro atoms. The molecule has 3 heteroatoms. The summed E-state index contributed by atoms with van der Waals surface area (Å²) >= 11 is 0. The molecule has 1 aromatic rings. The van der Waals surface area contributed by atoms with Crippen molar-refractivity contribution in [2.24, 2.45) is 11.3 Å². The third-order valence-electron chi connectivity index (χ3n) is 3.61. The maximum absolute atomic E-state index is 11.5. The average Bonchev–Trinajstić information content (AvgIpc) is 2.36. The van der Waals surface area contributed by atoms with Crippen molar-refractivity contribution < 1.29 is 4.79 Å². The van der Waals surface area contributed by atoms with E-state index in [-0.39, 0.29) is 17.2 Å². The maximum atomic E-state index is 11.5. The summed E-state index contributed by atoms with van der Waals surface area (Å²) in [5.41, 5.74) is 1.25. The van der Waals surface area contributed by atoms with Crippen LogP contribution >= 0.6 is 0 Å². The van der Waals surface area contributed by atoms with Crippen molar-refractivity contribution in [3.8, 4) is 0 Å². The van der Waals surface area contributed by atoms with Crippen LogP contribution in [-0.2, 0) is 11.2 Å². The van der Waals surface area contributed by atoms with E-state index < -0.39 is 0 Å². The van der Waals surface area contributed by atoms with Crippen LogP contribution in [0.15, 0.2) is 30.3 Å². The first-order valence-corrected chi connectivity index (χ1v) is 6.02. The molecule has 0 saturated carbocycles. The van der Waals surface area contributed by atoms with Crippen molar-refractivity contribution in [2.75, 3.05) is 0 Å². The van der Waals surface area contributed by atoms with E-state index in [0.717, 1.165) is 12.8 Å². The molecule has 0 bridgehead atoms. The van der Waals surface area contributed by atoms with Gasteiger partial charge in [-0.2, -0.15) is 0 Å². The molecule has 0 saturated heterocycles. The predicted molar refractivity (Wildman–Crippen MR) is 71.6 cm³/mol. The Morgan fingerprint density at radius 3 is 2.47 bits per heavy atom. The van der Waals surface area contributed by atoms with Gasteiger partial charge in [-0.05, 0) is 23.8 Å². The first-order chi connectivity index (χ1) is 7.97. The Labute approximate surface area is 105 Å². The summed E-state index contributed by atoms with van der Waals surface area (Å²) in [6.07, 6.45) is 1.95. The molecular weight excluding hydrogens is 209 g/mol. The molecule has 1 atom stereocenters. The second-order valence-electron chi connectivity index (χ2n) is 5.20. The molecule has 1 aromatic carbocycles. The van der Waals surface area contributed by atoms with Gasteiger partial charge in [-0.15, -0.1) is 0 Å². The van der Waals surface area contributed by atoms with Crippen LogP contribution in [0, 0.1) is 11.3 Å². The maximum Gasteiger partial charge on any atom is 0.226 e. The van der Waals surface area contributed by atoms with Crippen LogP contribution in [0.5, 0.6) is 0 Å². The van der Waals surface area contributed by atoms with E-state index in [1.807, 2.05) is 25.1 Å². The third-order valence-corrected chi connectivity index (χ3v) is 3.61. The number of hydrogen-bond acceptors (Lipinski definition) is 1. The fraction of sp³-hybridized carbons (Fsp3) is 0.500. The van der Waals surface area contributed by atoms with Gasteiger partial charge in [0.1, 0.15) is 0 Å². The van der Waals surface area contributed by atoms with Crippen LogP contribution in [-0.4, -0.2) is 13.9 Å². The lowest BCUT2D eigenvalue weighted by Crippen LogP contribution is -2.36. The predicted octanol–water partition coefficient (Wildman–Crippen LogP) is 2.48. The molecule has 1 amide bonds. The Morgan fingerprint density at radius 1 is 1.35 bits per heavy atom. The van der Waals surface area contributed by atoms with Gasteiger partial charge in [-0.25, -0.2) is 0 Å². The molecular formula is C14H20BNO. The number of nitrogens with one attached hydrogen (secondary N) is 1. The number of hydrogen-bond donors (Lipinski definition) is 1. The summed E-state index contributed by atoms with van der Waals surface area (Å²) in [5.74, 6) is -0.181. The summed E-state index contributed by atoms with van der Waals surface area (Å²) in [6.45, 7) is 6.14. The van der Waals surface area contributed by atoms with Gasteiger partial charge in [0, 0.05) is 5.92 Å². The molecule has 0 heterocycles. The molecule has 0 aromatic heterocycles. The van der Waals surface area contributed by atoms with E-state index in [4.69, 9.17) is 7.98 Å². The number of carbonyl (C=O) groups is 1. The first-order valence-electron chi connectivity index (χ1n) is 6.02. The highest BCUT2D eigenvalue weighted by Crippen LogP contribution is 2.32. The highest BCUT2D eigenvalue weighted by atomic mass is 16.1. The quantitative estimate of drug-likeness (QED) is 0.772. The largest absolute Gasteiger partial charge is 0.409 e. The summed E-state index contributed by atoms with van der Waals surface area (Å²) < 4.78 is 0. The summed E-state index contributed by atoms with van der Waals surface area (Å²) in [4.78, 5) is 11.5. The Morgan fingerprint density at radius 2 is 1.94 bits per heavy atom. The molecule has 17 heavy (non-hydrogen) atoms. The van der Waals surface area contributed by atoms with Crippen LogP contribution < -0.4 is 5.23 Å². The molecule has 0 aliphatic rings. The van der Waals surface area contributed by atoms with Gasteiger partial charge in [-0.3, -0.25) is 4.79 Å². The van der Waals surface area contributed by atoms with Crippen molar-refractivity contribution >= 4 is 13.9 Å². The van der Waals surface area contributed by atoms with E-state index in [1.54, 1.807) is 0 Å². The average molecular weight is 229 g/mol. The highest BCUT2D eigenvalue weighted by molar-refractivity contribution is 6.14. The number of benzene rings is 1. The lowest BCUT2D eigenvalue weighted by atomic mass is 9.75. The minimum Gasteiger partial charge on any atom is -0.409 e. The van der Waals surface area contributed by atoms with Gasteiger partial charge >= 0.3 is 0 Å². The summed E-state index contributed by atoms with van der Waals surface area (Å²) in [6, 6.07) is 10.3. The zero-order valence-electron chi connectivity index (χ0n) is 10.9. The van der Waals surface area contributed by atoms with Crippen LogP contribution in [0.2, 0.25) is 0 Å². The smallest absolute Gasteiger partial charge is 0.226 e. The van der Waals surface area contributed by atoms with E-state index in [1.165, 1.54) is 5.56 Å². The minimum atomic E-state index is -0.0944. The van der Waals surface area contributed by atoms with Crippen molar-refractivity contribution in [1.82, 2.24) is 5.23 Å². The zero-order chi connectivity index (χ0) is 12.9. The lowest BCUT2D eigenvalue weighted by molar-refractivity contribution is -0.126. The number of amides is 1. The van der Waals surface area contributed by atoms with Gasteiger partial charge in [0.2, 0.25) is 13.9 Å². The van der Waals surface area contributed by atoms with E-state index in [0.29, 0.717) is 0 Å². The molecule has 1 N–H and O–H groups in total. The molecule has 90 valence electrons. The Bertz CT molecular complexity index is 362. The minimum absolute atomic E-state index is 0.0563. The Balaban J connectivity index is 2.58. The zero-order valence-corrected chi connectivity index (χ0v) is 10.9. The van der Waals surface area contributed by atoms with Crippen molar-refractivity contribution in [1.29, 1.82) is 0 Å². The molecule has 1 rings (SSSR count). The number of aryl methyl sites for hydroxylation is 1. The van der Waals surface area contributed by atoms with Gasteiger partial charge in [0.25, 0.3) is 0 Å². The van der Waals surface area contributed by atoms with Crippen molar-refractivity contribution in [2.45, 2.75) is 33.6 Å². The molecule has 0 fully saturated rings. The lowest BCUT2D eigenvalue weighted by Gasteiger charge is -2.30. The molecule has 2 nitrogen and oxygen atoms in total. The standard InChI is InChI=1S/C14H20BNO/c1-11(13(17)16-15)14(2,3)10-9-12-7-5-4-6-8-12/h4-8,11H,9-10H2,1-3H3,(H,16,17). The van der Waals surface area contributed by atoms with Crippen LogP contribution in [0.25, 0.3) is 0 Å². The second kappa shape index (κ2) is 5.90. The molecule has 0 aliphatic heterocycles. The van der Waals surface area contributed by atoms with Gasteiger partial charge in [-0.1, -0.05) is 51.1 Å². The SMILES string of the molecule is [B]NC(=O)C(C)C(C)(C)CCc1ccccc1. The van der Waals surface area contributed by atoms with E-state index >= 15 is 0 Å². The molecule has 0 aliphatic carbocycles. The van der Waals surface area contributed by atoms with E-state index in [9.17, 15) is 4.79 Å². The highest BCUT2D eigenvalue weighted by Gasteiger charge is 2.30. The molecule has 1 unspecified atom stereocenters. The monoisotopic (exact) mass is 229 g/mol. The summed E-state index contributed by atoms with van der Waals surface area (Å²) in [7, 11) is 5.18. The fourth-order valence-electron chi connectivity index (χ4n) is 1.81. The molecule has 2 radical (unpaired) electrons. The van der Waals surface area contributed by atoms with Crippen LogP contribution in [0.3, 0.4) is 0 Å². The van der Waals surface area contributed by atoms with Gasteiger partial charge < -0.3 is 5.23 Å². The van der Waals surface area contributed by atoms with Crippen LogP contribution in [0.4, 0.5) is 0 Å².